The van der Waals surface area contributed by atoms with Crippen LogP contribution in [0, 0.1) is 20.8 Å². The molecule has 3 aromatic rings. The van der Waals surface area contributed by atoms with Crippen LogP contribution in [-0.4, -0.2) is 9.38 Å². The minimum Gasteiger partial charge on any atom is -0.283 e. The topological polar surface area (TPSA) is 42.0 Å². The third-order valence-corrected chi connectivity index (χ3v) is 3.65. The van der Waals surface area contributed by atoms with Gasteiger partial charge in [-0.05, 0) is 50.1 Å². The lowest BCUT2D eigenvalue weighted by Gasteiger charge is -2.00. The fourth-order valence-corrected chi connectivity index (χ4v) is 2.38. The van der Waals surface area contributed by atoms with Crippen molar-refractivity contribution < 1.29 is 0 Å². The molecular weight excluding hydrogens is 284 g/mol. The standard InChI is InChI=1S/C16H15ClN4/c1-10-6-7-13(17)9-14(10)19-20-16-12(3)18-15-11(2)5-4-8-21(15)16/h4-9H,1-3H3. The number of azo groups is 1. The molecule has 0 bridgehead atoms. The summed E-state index contributed by atoms with van der Waals surface area (Å²) in [6.45, 7) is 5.95. The molecule has 0 N–H and O–H groups in total. The van der Waals surface area contributed by atoms with Crippen LogP contribution in [-0.2, 0) is 0 Å². The van der Waals surface area contributed by atoms with E-state index in [1.807, 2.05) is 61.7 Å². The fraction of sp³-hybridized carbons (Fsp3) is 0.188. The number of aryl methyl sites for hydroxylation is 3. The lowest BCUT2D eigenvalue weighted by molar-refractivity contribution is 1.08. The van der Waals surface area contributed by atoms with Crippen LogP contribution in [0.3, 0.4) is 0 Å². The number of benzene rings is 1. The second-order valence-electron chi connectivity index (χ2n) is 5.04. The van der Waals surface area contributed by atoms with Crippen molar-refractivity contribution >= 4 is 28.8 Å². The first kappa shape index (κ1) is 13.8. The van der Waals surface area contributed by atoms with E-state index in [0.717, 1.165) is 34.0 Å². The van der Waals surface area contributed by atoms with E-state index >= 15 is 0 Å². The van der Waals surface area contributed by atoms with Gasteiger partial charge in [0, 0.05) is 11.2 Å². The Hall–Kier alpha value is -2.20. The molecule has 0 saturated heterocycles. The number of pyridine rings is 1. The largest absolute Gasteiger partial charge is 0.283 e. The summed E-state index contributed by atoms with van der Waals surface area (Å²) in [5.74, 6) is 0.744. The quantitative estimate of drug-likeness (QED) is 0.590. The molecule has 0 aliphatic heterocycles. The van der Waals surface area contributed by atoms with Crippen LogP contribution in [0.1, 0.15) is 16.8 Å². The van der Waals surface area contributed by atoms with Crippen molar-refractivity contribution in [1.29, 1.82) is 0 Å². The first-order valence-electron chi connectivity index (χ1n) is 6.68. The maximum Gasteiger partial charge on any atom is 0.182 e. The number of fused-ring (bicyclic) bond motifs is 1. The summed E-state index contributed by atoms with van der Waals surface area (Å²) >= 11 is 6.01. The third kappa shape index (κ3) is 2.54. The number of halogens is 1. The van der Waals surface area contributed by atoms with Gasteiger partial charge in [0.15, 0.2) is 5.82 Å². The minimum atomic E-state index is 0.653. The molecule has 0 aliphatic carbocycles. The van der Waals surface area contributed by atoms with E-state index in [0.29, 0.717) is 5.02 Å². The highest BCUT2D eigenvalue weighted by atomic mass is 35.5. The van der Waals surface area contributed by atoms with Crippen LogP contribution in [0.15, 0.2) is 46.8 Å². The summed E-state index contributed by atoms with van der Waals surface area (Å²) in [6, 6.07) is 9.60. The Morgan fingerprint density at radius 3 is 2.67 bits per heavy atom. The zero-order valence-corrected chi connectivity index (χ0v) is 12.9. The summed E-state index contributed by atoms with van der Waals surface area (Å²) in [4.78, 5) is 4.55. The number of hydrogen-bond acceptors (Lipinski definition) is 3. The zero-order valence-electron chi connectivity index (χ0n) is 12.1. The van der Waals surface area contributed by atoms with Gasteiger partial charge in [-0.1, -0.05) is 23.7 Å². The third-order valence-electron chi connectivity index (χ3n) is 3.41. The molecule has 0 aliphatic rings. The lowest BCUT2D eigenvalue weighted by atomic mass is 10.2. The van der Waals surface area contributed by atoms with Crippen LogP contribution < -0.4 is 0 Å². The molecule has 0 radical (unpaired) electrons. The molecule has 0 atom stereocenters. The molecule has 4 nitrogen and oxygen atoms in total. The summed E-state index contributed by atoms with van der Waals surface area (Å²) < 4.78 is 1.95. The highest BCUT2D eigenvalue weighted by molar-refractivity contribution is 6.30. The first-order chi connectivity index (χ1) is 10.1. The molecule has 106 valence electrons. The Bertz CT molecular complexity index is 849. The van der Waals surface area contributed by atoms with Gasteiger partial charge in [-0.25, -0.2) is 4.98 Å². The molecule has 2 aromatic heterocycles. The smallest absolute Gasteiger partial charge is 0.182 e. The molecule has 0 spiro atoms. The van der Waals surface area contributed by atoms with Gasteiger partial charge in [-0.2, -0.15) is 0 Å². The van der Waals surface area contributed by atoms with Crippen LogP contribution in [0.2, 0.25) is 5.02 Å². The van der Waals surface area contributed by atoms with E-state index in [1.54, 1.807) is 0 Å². The summed E-state index contributed by atoms with van der Waals surface area (Å²) in [7, 11) is 0. The normalized spacial score (nSPS) is 11.6. The SMILES string of the molecule is Cc1ccc(Cl)cc1N=Nc1c(C)nc2c(C)cccn12. The Morgan fingerprint density at radius 2 is 1.86 bits per heavy atom. The van der Waals surface area contributed by atoms with E-state index in [2.05, 4.69) is 15.2 Å². The van der Waals surface area contributed by atoms with E-state index in [-0.39, 0.29) is 0 Å². The van der Waals surface area contributed by atoms with Gasteiger partial charge >= 0.3 is 0 Å². The van der Waals surface area contributed by atoms with Crippen LogP contribution >= 0.6 is 11.6 Å². The van der Waals surface area contributed by atoms with Crippen molar-refractivity contribution in [1.82, 2.24) is 9.38 Å². The molecule has 3 rings (SSSR count). The molecule has 0 unspecified atom stereocenters. The highest BCUT2D eigenvalue weighted by Gasteiger charge is 2.09. The number of hydrogen-bond donors (Lipinski definition) is 0. The van der Waals surface area contributed by atoms with Crippen molar-refractivity contribution in [3.05, 3.63) is 58.4 Å². The van der Waals surface area contributed by atoms with Gasteiger partial charge in [0.2, 0.25) is 0 Å². The second kappa shape index (κ2) is 5.30. The van der Waals surface area contributed by atoms with E-state index in [4.69, 9.17) is 11.6 Å². The number of nitrogens with zero attached hydrogens (tertiary/aromatic N) is 4. The number of aromatic nitrogens is 2. The molecule has 0 fully saturated rings. The minimum absolute atomic E-state index is 0.653. The summed E-state index contributed by atoms with van der Waals surface area (Å²) in [6.07, 6.45) is 1.95. The molecule has 1 aromatic carbocycles. The molecule has 0 saturated carbocycles. The average Bonchev–Trinajstić information content (AvgIpc) is 2.77. The van der Waals surface area contributed by atoms with Crippen molar-refractivity contribution in [2.75, 3.05) is 0 Å². The lowest BCUT2D eigenvalue weighted by Crippen LogP contribution is -1.85. The predicted octanol–water partition coefficient (Wildman–Crippen LogP) is 5.33. The predicted molar refractivity (Wildman–Crippen MR) is 85.0 cm³/mol. The average molecular weight is 299 g/mol. The zero-order chi connectivity index (χ0) is 15.0. The van der Waals surface area contributed by atoms with Crippen molar-refractivity contribution in [3.8, 4) is 0 Å². The molecule has 0 amide bonds. The van der Waals surface area contributed by atoms with Crippen molar-refractivity contribution in [2.45, 2.75) is 20.8 Å². The first-order valence-corrected chi connectivity index (χ1v) is 7.06. The monoisotopic (exact) mass is 298 g/mol. The van der Waals surface area contributed by atoms with Crippen LogP contribution in [0.5, 0.6) is 0 Å². The van der Waals surface area contributed by atoms with Crippen LogP contribution in [0.4, 0.5) is 11.5 Å². The molecule has 5 heteroatoms. The van der Waals surface area contributed by atoms with E-state index in [9.17, 15) is 0 Å². The van der Waals surface area contributed by atoms with Gasteiger partial charge in [-0.3, -0.25) is 4.40 Å². The van der Waals surface area contributed by atoms with Gasteiger partial charge in [0.1, 0.15) is 5.65 Å². The van der Waals surface area contributed by atoms with Gasteiger partial charge in [-0.15, -0.1) is 10.2 Å². The highest BCUT2D eigenvalue weighted by Crippen LogP contribution is 2.27. The summed E-state index contributed by atoms with van der Waals surface area (Å²) in [5, 5.41) is 9.36. The Morgan fingerprint density at radius 1 is 1.05 bits per heavy atom. The van der Waals surface area contributed by atoms with Gasteiger partial charge in [0.25, 0.3) is 0 Å². The van der Waals surface area contributed by atoms with Crippen LogP contribution in [0.25, 0.3) is 5.65 Å². The number of rotatable bonds is 2. The van der Waals surface area contributed by atoms with Gasteiger partial charge < -0.3 is 0 Å². The summed E-state index contributed by atoms with van der Waals surface area (Å²) in [5.41, 5.74) is 4.68. The Labute approximate surface area is 128 Å². The van der Waals surface area contributed by atoms with Crippen molar-refractivity contribution in [2.24, 2.45) is 10.2 Å². The second-order valence-corrected chi connectivity index (χ2v) is 5.47. The van der Waals surface area contributed by atoms with Crippen molar-refractivity contribution in [3.63, 3.8) is 0 Å². The van der Waals surface area contributed by atoms with Gasteiger partial charge in [0.05, 0.1) is 11.4 Å². The molecule has 2 heterocycles. The van der Waals surface area contributed by atoms with E-state index in [1.165, 1.54) is 0 Å². The molecule has 21 heavy (non-hydrogen) atoms. The molecular formula is C16H15ClN4. The Kier molecular flexibility index (Phi) is 3.47. The fourth-order valence-electron chi connectivity index (χ4n) is 2.22. The maximum atomic E-state index is 6.01. The maximum absolute atomic E-state index is 6.01. The Balaban J connectivity index is 2.09. The van der Waals surface area contributed by atoms with E-state index < -0.39 is 0 Å². The number of imidazole rings is 1.